The number of halogens is 1. The molecule has 3 nitrogen and oxygen atoms in total. The van der Waals surface area contributed by atoms with Crippen molar-refractivity contribution in [2.45, 2.75) is 13.8 Å². The second kappa shape index (κ2) is 5.74. The SMILES string of the molecule is CCOc1cccc(Oc2cc(C)nc(Cl)c2)c1. The molecule has 0 saturated heterocycles. The van der Waals surface area contributed by atoms with Gasteiger partial charge in [-0.15, -0.1) is 0 Å². The molecule has 0 amide bonds. The fraction of sp³-hybridized carbons (Fsp3) is 0.214. The van der Waals surface area contributed by atoms with Crippen LogP contribution < -0.4 is 9.47 Å². The number of ether oxygens (including phenoxy) is 2. The van der Waals surface area contributed by atoms with Crippen molar-refractivity contribution >= 4 is 11.6 Å². The van der Waals surface area contributed by atoms with E-state index >= 15 is 0 Å². The average Bonchev–Trinajstić information content (AvgIpc) is 2.28. The molecule has 2 rings (SSSR count). The lowest BCUT2D eigenvalue weighted by atomic mass is 10.3. The molecule has 0 aliphatic rings. The number of rotatable bonds is 4. The lowest BCUT2D eigenvalue weighted by Gasteiger charge is -2.08. The molecule has 0 unspecified atom stereocenters. The minimum atomic E-state index is 0.422. The first-order chi connectivity index (χ1) is 8.67. The van der Waals surface area contributed by atoms with Crippen LogP contribution >= 0.6 is 11.6 Å². The molecule has 0 saturated carbocycles. The summed E-state index contributed by atoms with van der Waals surface area (Å²) in [5, 5.41) is 0.422. The predicted molar refractivity (Wildman–Crippen MR) is 71.7 cm³/mol. The monoisotopic (exact) mass is 263 g/mol. The summed E-state index contributed by atoms with van der Waals surface area (Å²) in [5.41, 5.74) is 0.818. The van der Waals surface area contributed by atoms with Crippen molar-refractivity contribution in [2.75, 3.05) is 6.61 Å². The Morgan fingerprint density at radius 2 is 1.89 bits per heavy atom. The Balaban J connectivity index is 2.20. The molecule has 0 bridgehead atoms. The van der Waals surface area contributed by atoms with Gasteiger partial charge in [0.2, 0.25) is 0 Å². The Morgan fingerprint density at radius 1 is 1.11 bits per heavy atom. The van der Waals surface area contributed by atoms with Crippen molar-refractivity contribution in [1.82, 2.24) is 4.98 Å². The molecule has 0 aliphatic carbocycles. The Hall–Kier alpha value is -1.74. The van der Waals surface area contributed by atoms with Gasteiger partial charge in [-0.2, -0.15) is 0 Å². The van der Waals surface area contributed by atoms with Crippen molar-refractivity contribution in [1.29, 1.82) is 0 Å². The highest BCUT2D eigenvalue weighted by Crippen LogP contribution is 2.27. The Morgan fingerprint density at radius 3 is 2.61 bits per heavy atom. The van der Waals surface area contributed by atoms with Gasteiger partial charge in [-0.3, -0.25) is 0 Å². The molecule has 18 heavy (non-hydrogen) atoms. The van der Waals surface area contributed by atoms with E-state index in [-0.39, 0.29) is 0 Å². The lowest BCUT2D eigenvalue weighted by molar-refractivity contribution is 0.338. The van der Waals surface area contributed by atoms with Gasteiger partial charge >= 0.3 is 0 Å². The molecule has 1 aromatic heterocycles. The topological polar surface area (TPSA) is 31.4 Å². The normalized spacial score (nSPS) is 10.2. The smallest absolute Gasteiger partial charge is 0.133 e. The molecule has 94 valence electrons. The Kier molecular flexibility index (Phi) is 4.05. The highest BCUT2D eigenvalue weighted by Gasteiger charge is 2.02. The van der Waals surface area contributed by atoms with E-state index in [1.165, 1.54) is 0 Å². The fourth-order valence-corrected chi connectivity index (χ4v) is 1.83. The number of nitrogens with zero attached hydrogens (tertiary/aromatic N) is 1. The summed E-state index contributed by atoms with van der Waals surface area (Å²) in [7, 11) is 0. The van der Waals surface area contributed by atoms with Gasteiger partial charge in [-0.05, 0) is 26.0 Å². The maximum Gasteiger partial charge on any atom is 0.133 e. The van der Waals surface area contributed by atoms with Crippen LogP contribution in [0.1, 0.15) is 12.6 Å². The van der Waals surface area contributed by atoms with Crippen LogP contribution in [0.3, 0.4) is 0 Å². The molecular formula is C14H14ClNO2. The molecule has 0 N–H and O–H groups in total. The minimum Gasteiger partial charge on any atom is -0.494 e. The average molecular weight is 264 g/mol. The number of aryl methyl sites for hydroxylation is 1. The molecule has 0 fully saturated rings. The fourth-order valence-electron chi connectivity index (χ4n) is 1.59. The van der Waals surface area contributed by atoms with Crippen molar-refractivity contribution in [3.8, 4) is 17.2 Å². The van der Waals surface area contributed by atoms with Gasteiger partial charge < -0.3 is 9.47 Å². The van der Waals surface area contributed by atoms with Crippen LogP contribution in [0.15, 0.2) is 36.4 Å². The summed E-state index contributed by atoms with van der Waals surface area (Å²) in [6, 6.07) is 11.0. The summed E-state index contributed by atoms with van der Waals surface area (Å²) in [6.07, 6.45) is 0. The minimum absolute atomic E-state index is 0.422. The van der Waals surface area contributed by atoms with E-state index in [0.29, 0.717) is 23.3 Å². The van der Waals surface area contributed by atoms with E-state index in [4.69, 9.17) is 21.1 Å². The van der Waals surface area contributed by atoms with Gasteiger partial charge in [-0.25, -0.2) is 4.98 Å². The largest absolute Gasteiger partial charge is 0.494 e. The van der Waals surface area contributed by atoms with Crippen molar-refractivity contribution in [2.24, 2.45) is 0 Å². The van der Waals surface area contributed by atoms with Crippen LogP contribution in [0.2, 0.25) is 5.15 Å². The van der Waals surface area contributed by atoms with Gasteiger partial charge in [0.05, 0.1) is 6.61 Å². The first-order valence-electron chi connectivity index (χ1n) is 5.72. The number of benzene rings is 1. The van der Waals surface area contributed by atoms with Crippen molar-refractivity contribution in [3.05, 3.63) is 47.2 Å². The molecule has 0 aliphatic heterocycles. The van der Waals surface area contributed by atoms with Crippen LogP contribution in [0.5, 0.6) is 17.2 Å². The molecule has 1 heterocycles. The third kappa shape index (κ3) is 3.37. The molecule has 0 atom stereocenters. The van der Waals surface area contributed by atoms with Crippen molar-refractivity contribution in [3.63, 3.8) is 0 Å². The number of hydrogen-bond donors (Lipinski definition) is 0. The third-order valence-corrected chi connectivity index (χ3v) is 2.44. The Bertz CT molecular complexity index is 523. The van der Waals surface area contributed by atoms with Crippen molar-refractivity contribution < 1.29 is 9.47 Å². The van der Waals surface area contributed by atoms with Gasteiger partial charge in [0.1, 0.15) is 22.4 Å². The van der Waals surface area contributed by atoms with E-state index in [9.17, 15) is 0 Å². The Labute approximate surface area is 111 Å². The van der Waals surface area contributed by atoms with Gasteiger partial charge in [0.25, 0.3) is 0 Å². The summed E-state index contributed by atoms with van der Waals surface area (Å²) in [4.78, 5) is 4.08. The zero-order valence-electron chi connectivity index (χ0n) is 10.3. The van der Waals surface area contributed by atoms with Gasteiger partial charge in [0, 0.05) is 23.9 Å². The maximum atomic E-state index is 5.88. The van der Waals surface area contributed by atoms with E-state index in [0.717, 1.165) is 11.4 Å². The van der Waals surface area contributed by atoms with E-state index in [1.807, 2.05) is 44.2 Å². The maximum absolute atomic E-state index is 5.88. The number of aromatic nitrogens is 1. The van der Waals surface area contributed by atoms with Crippen LogP contribution in [0, 0.1) is 6.92 Å². The highest BCUT2D eigenvalue weighted by molar-refractivity contribution is 6.29. The molecule has 0 radical (unpaired) electrons. The van der Waals surface area contributed by atoms with Crippen LogP contribution in [-0.2, 0) is 0 Å². The van der Waals surface area contributed by atoms with Crippen LogP contribution in [-0.4, -0.2) is 11.6 Å². The van der Waals surface area contributed by atoms with Gasteiger partial charge in [-0.1, -0.05) is 17.7 Å². The van der Waals surface area contributed by atoms with Gasteiger partial charge in [0.15, 0.2) is 0 Å². The number of pyridine rings is 1. The van der Waals surface area contributed by atoms with Crippen LogP contribution in [0.25, 0.3) is 0 Å². The summed E-state index contributed by atoms with van der Waals surface area (Å²) in [5.74, 6) is 2.16. The molecule has 0 spiro atoms. The summed E-state index contributed by atoms with van der Waals surface area (Å²) >= 11 is 5.88. The molecular weight excluding hydrogens is 250 g/mol. The lowest BCUT2D eigenvalue weighted by Crippen LogP contribution is -1.92. The van der Waals surface area contributed by atoms with E-state index < -0.39 is 0 Å². The second-order valence-corrected chi connectivity index (χ2v) is 4.16. The highest BCUT2D eigenvalue weighted by atomic mass is 35.5. The predicted octanol–water partition coefficient (Wildman–Crippen LogP) is 4.23. The first-order valence-corrected chi connectivity index (χ1v) is 6.10. The van der Waals surface area contributed by atoms with E-state index in [1.54, 1.807) is 6.07 Å². The number of hydrogen-bond acceptors (Lipinski definition) is 3. The molecule has 4 heteroatoms. The quantitative estimate of drug-likeness (QED) is 0.774. The second-order valence-electron chi connectivity index (χ2n) is 3.78. The third-order valence-electron chi connectivity index (χ3n) is 2.25. The standard InChI is InChI=1S/C14H14ClNO2/c1-3-17-11-5-4-6-12(8-11)18-13-7-10(2)16-14(15)9-13/h4-9H,3H2,1-2H3. The van der Waals surface area contributed by atoms with E-state index in [2.05, 4.69) is 4.98 Å². The summed E-state index contributed by atoms with van der Waals surface area (Å²) < 4.78 is 11.1. The zero-order chi connectivity index (χ0) is 13.0. The summed E-state index contributed by atoms with van der Waals surface area (Å²) in [6.45, 7) is 4.44. The zero-order valence-corrected chi connectivity index (χ0v) is 11.1. The molecule has 1 aromatic carbocycles. The first kappa shape index (κ1) is 12.7. The molecule has 2 aromatic rings. The van der Waals surface area contributed by atoms with Crippen LogP contribution in [0.4, 0.5) is 0 Å².